The van der Waals surface area contributed by atoms with Gasteiger partial charge in [0.2, 0.25) is 11.8 Å². The van der Waals surface area contributed by atoms with Gasteiger partial charge in [-0.25, -0.2) is 4.98 Å². The Hall–Kier alpha value is -2.67. The number of nitrogens with zero attached hydrogens (tertiary/aromatic N) is 2. The first-order chi connectivity index (χ1) is 16.5. The van der Waals surface area contributed by atoms with Crippen LogP contribution in [0.25, 0.3) is 6.08 Å². The van der Waals surface area contributed by atoms with Crippen molar-refractivity contribution in [3.63, 3.8) is 0 Å². The van der Waals surface area contributed by atoms with E-state index in [0.717, 1.165) is 23.4 Å². The smallest absolute Gasteiger partial charge is 0.231 e. The van der Waals surface area contributed by atoms with Crippen LogP contribution in [-0.2, 0) is 4.43 Å². The van der Waals surface area contributed by atoms with Gasteiger partial charge in [0.15, 0.2) is 8.32 Å². The molecule has 5 nitrogen and oxygen atoms in total. The summed E-state index contributed by atoms with van der Waals surface area (Å²) in [7, 11) is -0.357. The minimum Gasteiger partial charge on any atom is -0.481 e. The summed E-state index contributed by atoms with van der Waals surface area (Å²) in [5, 5.41) is 4.08. The molecule has 1 heterocycles. The molecule has 1 aromatic heterocycles. The first-order valence-corrected chi connectivity index (χ1v) is 15.1. The second-order valence-corrected chi connectivity index (χ2v) is 15.3. The second kappa shape index (κ2) is 11.4. The van der Waals surface area contributed by atoms with Crippen molar-refractivity contribution in [3.8, 4) is 5.88 Å². The zero-order chi connectivity index (χ0) is 25.6. The molecule has 7 heteroatoms. The van der Waals surface area contributed by atoms with Crippen molar-refractivity contribution in [2.24, 2.45) is 0 Å². The van der Waals surface area contributed by atoms with Crippen LogP contribution in [0, 0.1) is 6.92 Å². The highest BCUT2D eigenvalue weighted by atomic mass is 35.5. The van der Waals surface area contributed by atoms with E-state index in [2.05, 4.69) is 79.5 Å². The Balaban J connectivity index is 1.83. The molecule has 0 radical (unpaired) electrons. The van der Waals surface area contributed by atoms with Crippen LogP contribution in [0.5, 0.6) is 5.88 Å². The zero-order valence-corrected chi connectivity index (χ0v) is 23.5. The minimum absolute atomic E-state index is 0.0243. The molecule has 0 saturated carbocycles. The number of hydrogen-bond acceptors (Lipinski definition) is 5. The lowest BCUT2D eigenvalue weighted by Crippen LogP contribution is -2.41. The number of hydrogen-bond donors (Lipinski definition) is 1. The molecule has 0 amide bonds. The minimum atomic E-state index is -1.96. The van der Waals surface area contributed by atoms with Gasteiger partial charge in [-0.2, -0.15) is 4.98 Å². The second-order valence-electron chi connectivity index (χ2n) is 10.1. The van der Waals surface area contributed by atoms with E-state index in [4.69, 9.17) is 20.8 Å². The maximum absolute atomic E-state index is 6.80. The monoisotopic (exact) mass is 509 g/mol. The lowest BCUT2D eigenvalue weighted by Gasteiger charge is -2.39. The van der Waals surface area contributed by atoms with Crippen molar-refractivity contribution in [2.45, 2.75) is 58.4 Å². The van der Waals surface area contributed by atoms with Crippen LogP contribution >= 0.6 is 11.6 Å². The molecular weight excluding hydrogens is 474 g/mol. The van der Waals surface area contributed by atoms with E-state index in [1.54, 1.807) is 7.11 Å². The Morgan fingerprint density at radius 2 is 1.77 bits per heavy atom. The quantitative estimate of drug-likeness (QED) is 0.293. The van der Waals surface area contributed by atoms with Gasteiger partial charge in [0.25, 0.3) is 0 Å². The fourth-order valence-electron chi connectivity index (χ4n) is 3.32. The maximum Gasteiger partial charge on any atom is 0.231 e. The van der Waals surface area contributed by atoms with Crippen LogP contribution in [0.3, 0.4) is 0 Å². The molecule has 0 fully saturated rings. The van der Waals surface area contributed by atoms with Crippen LogP contribution in [-0.4, -0.2) is 25.4 Å². The Labute approximate surface area is 215 Å². The number of rotatable bonds is 9. The van der Waals surface area contributed by atoms with Crippen LogP contribution in [0.1, 0.15) is 50.1 Å². The number of benzene rings is 2. The van der Waals surface area contributed by atoms with Crippen LogP contribution in [0.4, 0.5) is 11.6 Å². The first-order valence-electron chi connectivity index (χ1n) is 11.8. The molecule has 3 aromatic rings. The van der Waals surface area contributed by atoms with Crippen molar-refractivity contribution in [2.75, 3.05) is 12.4 Å². The molecule has 0 aliphatic carbocycles. The summed E-state index contributed by atoms with van der Waals surface area (Å²) in [6.07, 6.45) is 4.81. The largest absolute Gasteiger partial charge is 0.481 e. The molecule has 1 N–H and O–H groups in total. The van der Waals surface area contributed by atoms with E-state index in [-0.39, 0.29) is 11.1 Å². The third kappa shape index (κ3) is 7.16. The summed E-state index contributed by atoms with van der Waals surface area (Å²) in [4.78, 5) is 9.11. The molecule has 186 valence electrons. The summed E-state index contributed by atoms with van der Waals surface area (Å²) < 4.78 is 12.2. The Morgan fingerprint density at radius 3 is 2.43 bits per heavy atom. The van der Waals surface area contributed by atoms with E-state index in [0.29, 0.717) is 16.9 Å². The van der Waals surface area contributed by atoms with Gasteiger partial charge in [0.05, 0.1) is 18.9 Å². The van der Waals surface area contributed by atoms with Gasteiger partial charge < -0.3 is 14.5 Å². The average Bonchev–Trinajstić information content (AvgIpc) is 2.81. The molecule has 0 aliphatic heterocycles. The van der Waals surface area contributed by atoms with Crippen LogP contribution in [0.2, 0.25) is 23.2 Å². The average molecular weight is 510 g/mol. The van der Waals surface area contributed by atoms with E-state index in [9.17, 15) is 0 Å². The van der Waals surface area contributed by atoms with Gasteiger partial charge in [0.1, 0.15) is 0 Å². The molecule has 0 spiro atoms. The molecular formula is C28H36ClN3O2Si. The summed E-state index contributed by atoms with van der Waals surface area (Å²) in [5.74, 6) is 0.936. The molecule has 0 aliphatic rings. The van der Waals surface area contributed by atoms with E-state index < -0.39 is 8.32 Å². The lowest BCUT2D eigenvalue weighted by atomic mass is 10.1. The molecule has 1 unspecified atom stereocenters. The third-order valence-corrected chi connectivity index (χ3v) is 11.4. The van der Waals surface area contributed by atoms with Gasteiger partial charge in [-0.3, -0.25) is 0 Å². The summed E-state index contributed by atoms with van der Waals surface area (Å²) in [6, 6.07) is 17.9. The lowest BCUT2D eigenvalue weighted by molar-refractivity contribution is 0.187. The SMILES string of the molecule is COc1cc(/C=C/CC(O[Si](C)(C)C(C)(C)C)c2ccccc2)nc(Nc2cccc(Cl)c2C)n1. The number of methoxy groups -OCH3 is 1. The van der Waals surface area contributed by atoms with E-state index in [1.165, 1.54) is 5.56 Å². The van der Waals surface area contributed by atoms with Crippen molar-refractivity contribution in [1.29, 1.82) is 0 Å². The van der Waals surface area contributed by atoms with E-state index in [1.807, 2.05) is 43.3 Å². The zero-order valence-electron chi connectivity index (χ0n) is 21.7. The van der Waals surface area contributed by atoms with Crippen molar-refractivity contribution in [1.82, 2.24) is 9.97 Å². The highest BCUT2D eigenvalue weighted by Crippen LogP contribution is 2.40. The number of ether oxygens (including phenoxy) is 1. The molecule has 1 atom stereocenters. The number of halogens is 1. The number of aromatic nitrogens is 2. The Kier molecular flexibility index (Phi) is 8.75. The normalized spacial score (nSPS) is 13.1. The van der Waals surface area contributed by atoms with Gasteiger partial charge in [-0.05, 0) is 60.8 Å². The van der Waals surface area contributed by atoms with Crippen molar-refractivity contribution >= 4 is 37.6 Å². The van der Waals surface area contributed by atoms with Gasteiger partial charge in [-0.1, -0.05) is 74.8 Å². The molecule has 35 heavy (non-hydrogen) atoms. The standard InChI is InChI=1S/C28H36ClN3O2Si/c1-20-23(29)16-12-17-24(20)31-27-30-22(19-26(32-27)33-5)15-11-18-25(21-13-9-8-10-14-21)34-35(6,7)28(2,3)4/h8-17,19,25H,18H2,1-7H3,(H,30,31,32)/b15-11+. The third-order valence-electron chi connectivity index (χ3n) is 6.50. The highest BCUT2D eigenvalue weighted by Gasteiger charge is 2.39. The number of anilines is 2. The molecule has 0 bridgehead atoms. The van der Waals surface area contributed by atoms with Crippen LogP contribution in [0.15, 0.2) is 60.7 Å². The van der Waals surface area contributed by atoms with Crippen molar-refractivity contribution < 1.29 is 9.16 Å². The highest BCUT2D eigenvalue weighted by molar-refractivity contribution is 6.74. The predicted octanol–water partition coefficient (Wildman–Crippen LogP) is 8.36. The topological polar surface area (TPSA) is 56.3 Å². The Morgan fingerprint density at radius 1 is 1.06 bits per heavy atom. The summed E-state index contributed by atoms with van der Waals surface area (Å²) in [5.41, 5.74) is 3.72. The molecule has 3 rings (SSSR count). The van der Waals surface area contributed by atoms with Gasteiger partial charge in [0, 0.05) is 16.8 Å². The maximum atomic E-state index is 6.80. The van der Waals surface area contributed by atoms with E-state index >= 15 is 0 Å². The first kappa shape index (κ1) is 26.9. The summed E-state index contributed by atoms with van der Waals surface area (Å²) >= 11 is 6.27. The predicted molar refractivity (Wildman–Crippen MR) is 149 cm³/mol. The fourth-order valence-corrected chi connectivity index (χ4v) is 4.79. The molecule has 2 aromatic carbocycles. The van der Waals surface area contributed by atoms with Gasteiger partial charge in [-0.15, -0.1) is 0 Å². The number of nitrogens with one attached hydrogen (secondary N) is 1. The van der Waals surface area contributed by atoms with Crippen molar-refractivity contribution in [3.05, 3.63) is 82.5 Å². The summed E-state index contributed by atoms with van der Waals surface area (Å²) in [6.45, 7) is 13.3. The fraction of sp³-hybridized carbons (Fsp3) is 0.357. The van der Waals surface area contributed by atoms with Crippen LogP contribution < -0.4 is 10.1 Å². The molecule has 0 saturated heterocycles. The Bertz CT molecular complexity index is 1160. The van der Waals surface area contributed by atoms with Gasteiger partial charge >= 0.3 is 0 Å².